The van der Waals surface area contributed by atoms with Crippen LogP contribution in [0.1, 0.15) is 33.8 Å². The number of carbonyl (C=O) groups is 1. The molecular formula is C23H26F2N6O2S. The van der Waals surface area contributed by atoms with Crippen molar-refractivity contribution in [2.45, 2.75) is 31.9 Å². The quantitative estimate of drug-likeness (QED) is 0.507. The number of rotatable bonds is 5. The Bertz CT molecular complexity index is 1250. The number of carbonyl (C=O) groups excluding carboxylic acids is 1. The Morgan fingerprint density at radius 1 is 1.38 bits per heavy atom. The average Bonchev–Trinajstić information content (AvgIpc) is 2.98. The van der Waals surface area contributed by atoms with Gasteiger partial charge in [0.1, 0.15) is 26.9 Å². The fourth-order valence-corrected chi connectivity index (χ4v) is 5.50. The molecule has 3 aliphatic rings. The van der Waals surface area contributed by atoms with E-state index in [1.807, 2.05) is 11.8 Å². The van der Waals surface area contributed by atoms with Crippen molar-refractivity contribution in [3.63, 3.8) is 0 Å². The lowest BCUT2D eigenvalue weighted by Crippen LogP contribution is -2.49. The summed E-state index contributed by atoms with van der Waals surface area (Å²) in [5, 5.41) is 6.07. The molecule has 5 heterocycles. The Labute approximate surface area is 199 Å². The monoisotopic (exact) mass is 488 g/mol. The second-order valence-electron chi connectivity index (χ2n) is 8.87. The van der Waals surface area contributed by atoms with Gasteiger partial charge in [0.05, 0.1) is 35.8 Å². The van der Waals surface area contributed by atoms with Gasteiger partial charge in [0.25, 0.3) is 5.91 Å². The first-order valence-corrected chi connectivity index (χ1v) is 12.0. The van der Waals surface area contributed by atoms with Gasteiger partial charge in [-0.15, -0.1) is 11.3 Å². The molecule has 1 aromatic carbocycles. The maximum atomic E-state index is 15.1. The Morgan fingerprint density at radius 2 is 2.21 bits per heavy atom. The van der Waals surface area contributed by atoms with E-state index in [1.165, 1.54) is 12.1 Å². The molecule has 11 heteroatoms. The zero-order chi connectivity index (χ0) is 24.0. The predicted octanol–water partition coefficient (Wildman–Crippen LogP) is 2.57. The van der Waals surface area contributed by atoms with Gasteiger partial charge >= 0.3 is 0 Å². The molecule has 1 amide bonds. The van der Waals surface area contributed by atoms with E-state index in [2.05, 4.69) is 20.6 Å². The number of morpholine rings is 1. The number of fused-ring (bicyclic) bond motifs is 5. The van der Waals surface area contributed by atoms with Crippen molar-refractivity contribution in [1.82, 2.24) is 20.6 Å². The number of hydrogen-bond acceptors (Lipinski definition) is 8. The van der Waals surface area contributed by atoms with E-state index in [-0.39, 0.29) is 35.6 Å². The summed E-state index contributed by atoms with van der Waals surface area (Å²) in [4.78, 5) is 24.1. The van der Waals surface area contributed by atoms with E-state index in [0.29, 0.717) is 41.5 Å². The van der Waals surface area contributed by atoms with Crippen LogP contribution in [0.2, 0.25) is 0 Å². The summed E-state index contributed by atoms with van der Waals surface area (Å²) in [6, 6.07) is 2.45. The van der Waals surface area contributed by atoms with Gasteiger partial charge in [-0.05, 0) is 18.6 Å². The van der Waals surface area contributed by atoms with Crippen LogP contribution in [-0.4, -0.2) is 60.8 Å². The topological polar surface area (TPSA) is 105 Å². The van der Waals surface area contributed by atoms with Crippen molar-refractivity contribution in [1.29, 1.82) is 0 Å². The zero-order valence-electron chi connectivity index (χ0n) is 18.9. The van der Waals surface area contributed by atoms with Gasteiger partial charge in [-0.25, -0.2) is 18.7 Å². The number of hydrogen-bond donors (Lipinski definition) is 3. The van der Waals surface area contributed by atoms with Crippen molar-refractivity contribution < 1.29 is 18.3 Å². The first-order chi connectivity index (χ1) is 16.3. The fourth-order valence-electron chi connectivity index (χ4n) is 4.48. The molecule has 3 saturated heterocycles. The molecule has 2 unspecified atom stereocenters. The number of aromatic nitrogens is 2. The molecule has 6 rings (SSSR count). The number of nitrogens with two attached hydrogens (primary N) is 1. The summed E-state index contributed by atoms with van der Waals surface area (Å²) < 4.78 is 35.9. The van der Waals surface area contributed by atoms with Gasteiger partial charge in [0.2, 0.25) is 0 Å². The van der Waals surface area contributed by atoms with E-state index >= 15 is 8.78 Å². The van der Waals surface area contributed by atoms with Crippen molar-refractivity contribution in [3.8, 4) is 0 Å². The highest BCUT2D eigenvalue weighted by molar-refractivity contribution is 7.21. The molecule has 0 saturated carbocycles. The van der Waals surface area contributed by atoms with Crippen molar-refractivity contribution in [2.75, 3.05) is 43.4 Å². The van der Waals surface area contributed by atoms with Crippen LogP contribution in [-0.2, 0) is 4.74 Å². The normalized spacial score (nSPS) is 21.0. The van der Waals surface area contributed by atoms with Crippen LogP contribution in [0.3, 0.4) is 0 Å². The summed E-state index contributed by atoms with van der Waals surface area (Å²) in [7, 11) is 0. The molecule has 0 spiro atoms. The molecule has 3 aromatic rings. The maximum absolute atomic E-state index is 15.1. The Hall–Kier alpha value is -2.89. The minimum absolute atomic E-state index is 0.0465. The number of nitrogen functional groups attached to an aromatic ring is 1. The maximum Gasteiger partial charge on any atom is 0.263 e. The molecule has 8 nitrogen and oxygen atoms in total. The van der Waals surface area contributed by atoms with Crippen LogP contribution >= 0.6 is 11.3 Å². The average molecular weight is 489 g/mol. The summed E-state index contributed by atoms with van der Waals surface area (Å²) in [5.41, 5.74) is 8.03. The minimum atomic E-state index is -0.502. The summed E-state index contributed by atoms with van der Waals surface area (Å²) in [6.07, 6.45) is 1.54. The van der Waals surface area contributed by atoms with E-state index in [4.69, 9.17) is 10.5 Å². The molecular weight excluding hydrogens is 462 g/mol. The third-order valence-electron chi connectivity index (χ3n) is 6.36. The molecule has 2 bridgehead atoms. The highest BCUT2D eigenvalue weighted by atomic mass is 32.1. The Kier molecular flexibility index (Phi) is 6.09. The summed E-state index contributed by atoms with van der Waals surface area (Å²) in [6.45, 7) is 6.02. The van der Waals surface area contributed by atoms with Crippen molar-refractivity contribution in [3.05, 3.63) is 46.1 Å². The van der Waals surface area contributed by atoms with Crippen LogP contribution in [0.25, 0.3) is 10.3 Å². The highest BCUT2D eigenvalue weighted by Gasteiger charge is 2.34. The lowest BCUT2D eigenvalue weighted by molar-refractivity contribution is 0.0389. The molecule has 180 valence electrons. The van der Waals surface area contributed by atoms with Gasteiger partial charge in [-0.2, -0.15) is 0 Å². The third-order valence-corrected chi connectivity index (χ3v) is 7.45. The molecule has 2 aromatic heterocycles. The molecule has 0 radical (unpaired) electrons. The number of ether oxygens (including phenoxy) is 1. The second kappa shape index (κ2) is 9.05. The number of nitrogens with one attached hydrogen (secondary N) is 2. The lowest BCUT2D eigenvalue weighted by Gasteiger charge is -2.38. The van der Waals surface area contributed by atoms with E-state index in [1.54, 1.807) is 13.1 Å². The minimum Gasteiger partial charge on any atom is -0.396 e. The first-order valence-electron chi connectivity index (χ1n) is 11.2. The van der Waals surface area contributed by atoms with Gasteiger partial charge in [0.15, 0.2) is 0 Å². The van der Waals surface area contributed by atoms with Crippen molar-refractivity contribution >= 4 is 39.0 Å². The fraction of sp³-hybridized carbons (Fsp3) is 0.435. The molecule has 3 atom stereocenters. The molecule has 3 aliphatic heterocycles. The number of benzene rings is 1. The van der Waals surface area contributed by atoms with Crippen molar-refractivity contribution in [2.24, 2.45) is 0 Å². The van der Waals surface area contributed by atoms with E-state index in [0.717, 1.165) is 17.0 Å². The van der Waals surface area contributed by atoms with Crippen LogP contribution in [0.4, 0.5) is 20.2 Å². The second-order valence-corrected chi connectivity index (χ2v) is 9.87. The van der Waals surface area contributed by atoms with Crippen LogP contribution in [0, 0.1) is 18.6 Å². The smallest absolute Gasteiger partial charge is 0.263 e. The van der Waals surface area contributed by atoms with E-state index in [9.17, 15) is 4.79 Å². The Morgan fingerprint density at radius 3 is 3.03 bits per heavy atom. The third kappa shape index (κ3) is 4.19. The molecule has 3 fully saturated rings. The SMILES string of the molecule is Cc1cnc2c(N)c(C(=O)NC[C@@H](C)c3cc(F)c(N4CC5CNCC4CO5)cc3F)sc2n1. The largest absolute Gasteiger partial charge is 0.396 e. The van der Waals surface area contributed by atoms with Crippen LogP contribution < -0.4 is 21.3 Å². The van der Waals surface area contributed by atoms with Gasteiger partial charge in [-0.1, -0.05) is 6.92 Å². The summed E-state index contributed by atoms with van der Waals surface area (Å²) in [5.74, 6) is -1.83. The van der Waals surface area contributed by atoms with E-state index < -0.39 is 23.5 Å². The standard InChI is InChI=1S/C23H26F2N6O2S/c1-11(5-29-22(32)21-19(26)20-23(34-21)30-12(2)6-28-20)15-3-17(25)18(4-16(15)24)31-9-14-8-27-7-13(31)10-33-14/h3-4,6,11,13-14,27H,5,7-10,26H2,1-2H3,(H,29,32)/t11-,13?,14?/m1/s1. The summed E-state index contributed by atoms with van der Waals surface area (Å²) >= 11 is 1.16. The number of amides is 1. The van der Waals surface area contributed by atoms with Crippen LogP contribution in [0.5, 0.6) is 0 Å². The van der Waals surface area contributed by atoms with Gasteiger partial charge in [-0.3, -0.25) is 4.79 Å². The Balaban J connectivity index is 1.30. The first kappa shape index (κ1) is 22.9. The van der Waals surface area contributed by atoms with Gasteiger partial charge in [0, 0.05) is 44.4 Å². The van der Waals surface area contributed by atoms with Gasteiger partial charge < -0.3 is 26.0 Å². The zero-order valence-corrected chi connectivity index (χ0v) is 19.7. The molecule has 4 N–H and O–H groups in total. The highest BCUT2D eigenvalue weighted by Crippen LogP contribution is 2.32. The number of halogens is 2. The predicted molar refractivity (Wildman–Crippen MR) is 127 cm³/mol. The van der Waals surface area contributed by atoms with Crippen LogP contribution in [0.15, 0.2) is 18.3 Å². The lowest BCUT2D eigenvalue weighted by atomic mass is 9.99. The molecule has 0 aliphatic carbocycles. The number of nitrogens with zero attached hydrogens (tertiary/aromatic N) is 3. The number of aryl methyl sites for hydroxylation is 1. The number of anilines is 2. The number of thiophene rings is 1. The molecule has 34 heavy (non-hydrogen) atoms.